The third-order valence-electron chi connectivity index (χ3n) is 3.49. The number of aryl methyl sites for hydroxylation is 1. The van der Waals surface area contributed by atoms with Crippen LogP contribution in [-0.4, -0.2) is 38.4 Å². The topological polar surface area (TPSA) is 75.3 Å². The van der Waals surface area contributed by atoms with Crippen molar-refractivity contribution >= 4 is 33.0 Å². The molecule has 0 bridgehead atoms. The molecule has 1 aromatic carbocycles. The van der Waals surface area contributed by atoms with Gasteiger partial charge in [0, 0.05) is 29.7 Å². The van der Waals surface area contributed by atoms with Gasteiger partial charge in [-0.05, 0) is 31.0 Å². The first kappa shape index (κ1) is 16.3. The van der Waals surface area contributed by atoms with Gasteiger partial charge in [-0.25, -0.2) is 8.42 Å². The van der Waals surface area contributed by atoms with Gasteiger partial charge in [0.25, 0.3) is 0 Å². The summed E-state index contributed by atoms with van der Waals surface area (Å²) in [5, 5.41) is 6.50. The summed E-state index contributed by atoms with van der Waals surface area (Å²) in [6.07, 6.45) is 0.917. The highest BCUT2D eigenvalue weighted by molar-refractivity contribution is 7.91. The Kier molecular flexibility index (Phi) is 5.24. The van der Waals surface area contributed by atoms with Gasteiger partial charge in [-0.3, -0.25) is 4.79 Å². The Morgan fingerprint density at radius 3 is 2.86 bits per heavy atom. The second-order valence-corrected chi connectivity index (χ2v) is 7.98. The smallest absolute Gasteiger partial charge is 0.225 e. The Hall–Kier alpha value is -1.11. The van der Waals surface area contributed by atoms with E-state index in [1.54, 1.807) is 12.1 Å². The number of sulfone groups is 1. The quantitative estimate of drug-likeness (QED) is 0.862. The molecule has 1 atom stereocenters. The van der Waals surface area contributed by atoms with Crippen LogP contribution in [0, 0.1) is 6.92 Å². The maximum Gasteiger partial charge on any atom is 0.225 e. The molecule has 1 unspecified atom stereocenters. The van der Waals surface area contributed by atoms with Crippen LogP contribution < -0.4 is 10.6 Å². The van der Waals surface area contributed by atoms with Crippen molar-refractivity contribution in [3.63, 3.8) is 0 Å². The number of carbonyl (C=O) groups is 1. The molecule has 1 aliphatic rings. The van der Waals surface area contributed by atoms with Crippen LogP contribution in [0.2, 0.25) is 5.02 Å². The minimum atomic E-state index is -2.88. The zero-order valence-corrected chi connectivity index (χ0v) is 13.4. The second-order valence-electron chi connectivity index (χ2n) is 5.31. The van der Waals surface area contributed by atoms with E-state index in [2.05, 4.69) is 10.6 Å². The number of benzene rings is 1. The van der Waals surface area contributed by atoms with Gasteiger partial charge in [0.05, 0.1) is 11.5 Å². The van der Waals surface area contributed by atoms with E-state index in [1.807, 2.05) is 13.0 Å². The number of hydrogen-bond acceptors (Lipinski definition) is 4. The van der Waals surface area contributed by atoms with Crippen LogP contribution in [0.1, 0.15) is 18.4 Å². The van der Waals surface area contributed by atoms with E-state index in [4.69, 9.17) is 11.6 Å². The molecule has 21 heavy (non-hydrogen) atoms. The van der Waals surface area contributed by atoms with Gasteiger partial charge in [-0.1, -0.05) is 17.7 Å². The van der Waals surface area contributed by atoms with Crippen molar-refractivity contribution < 1.29 is 13.2 Å². The minimum absolute atomic E-state index is 0.0318. The third-order valence-corrected chi connectivity index (χ3v) is 5.49. The molecule has 2 rings (SSSR count). The highest BCUT2D eigenvalue weighted by Gasteiger charge is 2.27. The number of anilines is 1. The Morgan fingerprint density at radius 2 is 2.19 bits per heavy atom. The monoisotopic (exact) mass is 330 g/mol. The summed E-state index contributed by atoms with van der Waals surface area (Å²) in [5.41, 5.74) is 1.65. The van der Waals surface area contributed by atoms with Crippen LogP contribution in [0.15, 0.2) is 18.2 Å². The number of carbonyl (C=O) groups excluding carboxylic acids is 1. The SMILES string of the molecule is Cc1ccc(Cl)cc1NC(=O)CCNC1CCS(=O)(=O)C1. The average Bonchev–Trinajstić information content (AvgIpc) is 2.73. The molecular formula is C14H19ClN2O3S. The standard InChI is InChI=1S/C14H19ClN2O3S/c1-10-2-3-11(15)8-13(10)17-14(18)4-6-16-12-5-7-21(19,20)9-12/h2-3,8,12,16H,4-7,9H2,1H3,(H,17,18). The molecule has 1 aliphatic heterocycles. The van der Waals surface area contributed by atoms with Crippen LogP contribution in [0.4, 0.5) is 5.69 Å². The second kappa shape index (κ2) is 6.77. The van der Waals surface area contributed by atoms with Gasteiger partial charge < -0.3 is 10.6 Å². The Labute approximate surface area is 130 Å². The minimum Gasteiger partial charge on any atom is -0.326 e. The maximum atomic E-state index is 11.9. The Morgan fingerprint density at radius 1 is 1.43 bits per heavy atom. The van der Waals surface area contributed by atoms with Crippen molar-refractivity contribution in [1.82, 2.24) is 5.32 Å². The fourth-order valence-electron chi connectivity index (χ4n) is 2.29. The summed E-state index contributed by atoms with van der Waals surface area (Å²) >= 11 is 5.90. The molecule has 1 heterocycles. The Balaban J connectivity index is 1.76. The number of amides is 1. The van der Waals surface area contributed by atoms with Gasteiger partial charge in [0.1, 0.15) is 0 Å². The van der Waals surface area contributed by atoms with Gasteiger partial charge >= 0.3 is 0 Å². The molecule has 116 valence electrons. The number of rotatable bonds is 5. The lowest BCUT2D eigenvalue weighted by molar-refractivity contribution is -0.116. The molecule has 0 radical (unpaired) electrons. The fourth-order valence-corrected chi connectivity index (χ4v) is 4.17. The van der Waals surface area contributed by atoms with Crippen molar-refractivity contribution in [3.8, 4) is 0 Å². The summed E-state index contributed by atoms with van der Waals surface area (Å²) in [6.45, 7) is 2.36. The number of hydrogen-bond donors (Lipinski definition) is 2. The number of nitrogens with one attached hydrogen (secondary N) is 2. The molecule has 7 heteroatoms. The largest absolute Gasteiger partial charge is 0.326 e. The van der Waals surface area contributed by atoms with Crippen molar-refractivity contribution in [2.45, 2.75) is 25.8 Å². The molecule has 1 saturated heterocycles. The van der Waals surface area contributed by atoms with Gasteiger partial charge in [0.2, 0.25) is 5.91 Å². The molecule has 1 aromatic rings. The summed E-state index contributed by atoms with van der Waals surface area (Å²) in [6, 6.07) is 5.30. The van der Waals surface area contributed by atoms with Crippen molar-refractivity contribution in [3.05, 3.63) is 28.8 Å². The van der Waals surface area contributed by atoms with Crippen LogP contribution in [0.5, 0.6) is 0 Å². The first-order chi connectivity index (χ1) is 9.85. The highest BCUT2D eigenvalue weighted by atomic mass is 35.5. The van der Waals surface area contributed by atoms with Gasteiger partial charge in [0.15, 0.2) is 9.84 Å². The summed E-state index contributed by atoms with van der Waals surface area (Å²) in [4.78, 5) is 11.9. The number of halogens is 1. The first-order valence-corrected chi connectivity index (χ1v) is 9.05. The summed E-state index contributed by atoms with van der Waals surface area (Å²) in [7, 11) is -2.88. The van der Waals surface area contributed by atoms with Gasteiger partial charge in [-0.15, -0.1) is 0 Å². The maximum absolute atomic E-state index is 11.9. The molecular weight excluding hydrogens is 312 g/mol. The molecule has 5 nitrogen and oxygen atoms in total. The molecule has 0 aliphatic carbocycles. The van der Waals surface area contributed by atoms with Crippen LogP contribution in [0.3, 0.4) is 0 Å². The molecule has 1 amide bonds. The normalized spacial score (nSPS) is 20.4. The lowest BCUT2D eigenvalue weighted by atomic mass is 10.2. The summed E-state index contributed by atoms with van der Waals surface area (Å²) < 4.78 is 22.6. The lowest BCUT2D eigenvalue weighted by Gasteiger charge is -2.11. The molecule has 2 N–H and O–H groups in total. The first-order valence-electron chi connectivity index (χ1n) is 6.85. The van der Waals surface area contributed by atoms with Crippen molar-refractivity contribution in [2.24, 2.45) is 0 Å². The fraction of sp³-hybridized carbons (Fsp3) is 0.500. The molecule has 1 fully saturated rings. The molecule has 0 aromatic heterocycles. The summed E-state index contributed by atoms with van der Waals surface area (Å²) in [5.74, 6) is 0.286. The van der Waals surface area contributed by atoms with Crippen molar-refractivity contribution in [2.75, 3.05) is 23.4 Å². The van der Waals surface area contributed by atoms with Crippen molar-refractivity contribution in [1.29, 1.82) is 0 Å². The lowest BCUT2D eigenvalue weighted by Crippen LogP contribution is -2.32. The van der Waals surface area contributed by atoms with E-state index in [0.717, 1.165) is 5.56 Å². The van der Waals surface area contributed by atoms with E-state index in [1.165, 1.54) is 0 Å². The third kappa shape index (κ3) is 4.98. The van der Waals surface area contributed by atoms with E-state index in [-0.39, 0.29) is 23.5 Å². The average molecular weight is 331 g/mol. The van der Waals surface area contributed by atoms with Gasteiger partial charge in [-0.2, -0.15) is 0 Å². The van der Waals surface area contributed by atoms with Crippen LogP contribution >= 0.6 is 11.6 Å². The molecule has 0 spiro atoms. The van der Waals surface area contributed by atoms with E-state index < -0.39 is 9.84 Å². The predicted octanol–water partition coefficient (Wildman–Crippen LogP) is 1.75. The zero-order chi connectivity index (χ0) is 15.5. The van der Waals surface area contributed by atoms with Crippen LogP contribution in [-0.2, 0) is 14.6 Å². The van der Waals surface area contributed by atoms with E-state index >= 15 is 0 Å². The molecule has 0 saturated carbocycles. The predicted molar refractivity (Wildman–Crippen MR) is 84.5 cm³/mol. The van der Waals surface area contributed by atoms with E-state index in [9.17, 15) is 13.2 Å². The highest BCUT2D eigenvalue weighted by Crippen LogP contribution is 2.20. The Bertz CT molecular complexity index is 631. The zero-order valence-electron chi connectivity index (χ0n) is 11.9. The van der Waals surface area contributed by atoms with E-state index in [0.29, 0.717) is 30.1 Å². The van der Waals surface area contributed by atoms with Crippen LogP contribution in [0.25, 0.3) is 0 Å².